The minimum atomic E-state index is -3.89. The molecule has 1 heterocycles. The second-order valence-electron chi connectivity index (χ2n) is 2.97. The van der Waals surface area contributed by atoms with Gasteiger partial charge in [-0.1, -0.05) is 0 Å². The Labute approximate surface area is 107 Å². The van der Waals surface area contributed by atoms with E-state index >= 15 is 0 Å². The first kappa shape index (κ1) is 14.4. The van der Waals surface area contributed by atoms with Gasteiger partial charge in [-0.15, -0.1) is 11.3 Å². The fraction of sp³-hybridized carbons (Fsp3) is 0.375. The molecule has 0 aliphatic rings. The fourth-order valence-corrected chi connectivity index (χ4v) is 2.81. The van der Waals surface area contributed by atoms with E-state index < -0.39 is 27.7 Å². The number of anilines is 1. The third-order valence-electron chi connectivity index (χ3n) is 1.68. The highest BCUT2D eigenvalue weighted by atomic mass is 32.2. The average molecular weight is 294 g/mol. The molecule has 0 fully saturated rings. The van der Waals surface area contributed by atoms with Crippen molar-refractivity contribution in [3.63, 3.8) is 0 Å². The molecule has 0 aliphatic carbocycles. The molecule has 0 aliphatic heterocycles. The van der Waals surface area contributed by atoms with Gasteiger partial charge in [0.05, 0.1) is 14.2 Å². The summed E-state index contributed by atoms with van der Waals surface area (Å²) < 4.78 is 33.6. The lowest BCUT2D eigenvalue weighted by molar-refractivity contribution is -0.137. The number of esters is 2. The second kappa shape index (κ2) is 5.78. The summed E-state index contributed by atoms with van der Waals surface area (Å²) in [6.45, 7) is 0. The minimum absolute atomic E-state index is 0.0155. The number of nitrogens with zero attached hydrogens (tertiary/aromatic N) is 1. The number of nitrogens with one attached hydrogen (secondary N) is 1. The standard InChI is InChI=1S/C8H10N2O6S2/c1-15-6(11)4-18(13,14)10-8-9-5(3-17-8)7(12)16-2/h3H,4H2,1-2H3,(H,9,10). The Morgan fingerprint density at radius 1 is 1.39 bits per heavy atom. The van der Waals surface area contributed by atoms with E-state index in [1.807, 2.05) is 0 Å². The molecular formula is C8H10N2O6S2. The van der Waals surface area contributed by atoms with Crippen LogP contribution in [0.3, 0.4) is 0 Å². The summed E-state index contributed by atoms with van der Waals surface area (Å²) in [6.07, 6.45) is 0. The van der Waals surface area contributed by atoms with Crippen molar-refractivity contribution in [3.8, 4) is 0 Å². The van der Waals surface area contributed by atoms with Crippen LogP contribution >= 0.6 is 11.3 Å². The van der Waals surface area contributed by atoms with Crippen molar-refractivity contribution >= 4 is 38.4 Å². The Hall–Kier alpha value is -1.68. The van der Waals surface area contributed by atoms with Crippen molar-refractivity contribution in [2.24, 2.45) is 0 Å². The number of rotatable bonds is 5. The lowest BCUT2D eigenvalue weighted by Crippen LogP contribution is -2.23. The molecule has 0 aromatic carbocycles. The molecule has 1 aromatic rings. The summed E-state index contributed by atoms with van der Waals surface area (Å²) in [5.41, 5.74) is -0.0155. The fourth-order valence-electron chi connectivity index (χ4n) is 0.902. The molecule has 0 atom stereocenters. The van der Waals surface area contributed by atoms with Crippen LogP contribution in [-0.2, 0) is 24.3 Å². The first-order chi connectivity index (χ1) is 8.38. The highest BCUT2D eigenvalue weighted by molar-refractivity contribution is 7.93. The molecule has 0 radical (unpaired) electrons. The second-order valence-corrected chi connectivity index (χ2v) is 5.55. The first-order valence-electron chi connectivity index (χ1n) is 4.49. The van der Waals surface area contributed by atoms with Crippen LogP contribution in [0, 0.1) is 0 Å². The molecule has 10 heteroatoms. The zero-order valence-electron chi connectivity index (χ0n) is 9.50. The Kier molecular flexibility index (Phi) is 4.62. The van der Waals surface area contributed by atoms with Crippen LogP contribution in [0.5, 0.6) is 0 Å². The van der Waals surface area contributed by atoms with Crippen molar-refractivity contribution in [2.45, 2.75) is 0 Å². The van der Waals surface area contributed by atoms with Gasteiger partial charge in [0.25, 0.3) is 0 Å². The minimum Gasteiger partial charge on any atom is -0.468 e. The summed E-state index contributed by atoms with van der Waals surface area (Å²) in [4.78, 5) is 25.6. The SMILES string of the molecule is COC(=O)CS(=O)(=O)Nc1nc(C(=O)OC)cs1. The van der Waals surface area contributed by atoms with Crippen LogP contribution in [0.2, 0.25) is 0 Å². The van der Waals surface area contributed by atoms with Gasteiger partial charge < -0.3 is 9.47 Å². The van der Waals surface area contributed by atoms with Gasteiger partial charge in [0.2, 0.25) is 10.0 Å². The molecule has 1 aromatic heterocycles. The number of aromatic nitrogens is 1. The average Bonchev–Trinajstić information content (AvgIpc) is 2.74. The molecule has 100 valence electrons. The molecule has 0 bridgehead atoms. The molecule has 18 heavy (non-hydrogen) atoms. The van der Waals surface area contributed by atoms with E-state index in [-0.39, 0.29) is 10.8 Å². The van der Waals surface area contributed by atoms with Gasteiger partial charge >= 0.3 is 11.9 Å². The van der Waals surface area contributed by atoms with E-state index in [9.17, 15) is 18.0 Å². The number of sulfonamides is 1. The summed E-state index contributed by atoms with van der Waals surface area (Å²) in [6, 6.07) is 0. The normalized spacial score (nSPS) is 10.8. The Morgan fingerprint density at radius 3 is 2.61 bits per heavy atom. The van der Waals surface area contributed by atoms with Crippen molar-refractivity contribution in [1.82, 2.24) is 4.98 Å². The molecule has 1 N–H and O–H groups in total. The molecule has 0 unspecified atom stereocenters. The van der Waals surface area contributed by atoms with Gasteiger partial charge in [0, 0.05) is 5.38 Å². The Balaban J connectivity index is 2.76. The topological polar surface area (TPSA) is 112 Å². The first-order valence-corrected chi connectivity index (χ1v) is 7.02. The van der Waals surface area contributed by atoms with Gasteiger partial charge in [0.15, 0.2) is 16.6 Å². The Morgan fingerprint density at radius 2 is 2.06 bits per heavy atom. The third kappa shape index (κ3) is 3.96. The van der Waals surface area contributed by atoms with Gasteiger partial charge in [0.1, 0.15) is 0 Å². The number of hydrogen-bond donors (Lipinski definition) is 1. The van der Waals surface area contributed by atoms with Gasteiger partial charge in [-0.3, -0.25) is 9.52 Å². The molecule has 0 saturated heterocycles. The van der Waals surface area contributed by atoms with E-state index in [1.165, 1.54) is 12.5 Å². The number of carbonyl (C=O) groups excluding carboxylic acids is 2. The number of methoxy groups -OCH3 is 2. The molecule has 0 amide bonds. The molecule has 1 rings (SSSR count). The predicted molar refractivity (Wildman–Crippen MR) is 62.9 cm³/mol. The lowest BCUT2D eigenvalue weighted by atomic mass is 10.5. The monoisotopic (exact) mass is 294 g/mol. The zero-order valence-corrected chi connectivity index (χ0v) is 11.1. The van der Waals surface area contributed by atoms with Crippen LogP contribution in [0.25, 0.3) is 0 Å². The highest BCUT2D eigenvalue weighted by Gasteiger charge is 2.19. The number of carbonyl (C=O) groups is 2. The summed E-state index contributed by atoms with van der Waals surface area (Å²) in [5.74, 6) is -2.40. The van der Waals surface area contributed by atoms with E-state index in [0.717, 1.165) is 18.4 Å². The van der Waals surface area contributed by atoms with Crippen LogP contribution in [0.1, 0.15) is 10.5 Å². The van der Waals surface area contributed by atoms with Crippen LogP contribution in [0.15, 0.2) is 5.38 Å². The maximum atomic E-state index is 11.5. The third-order valence-corrected chi connectivity index (χ3v) is 3.68. The largest absolute Gasteiger partial charge is 0.468 e. The number of hydrogen-bond acceptors (Lipinski definition) is 8. The van der Waals surface area contributed by atoms with Crippen molar-refractivity contribution in [2.75, 3.05) is 24.7 Å². The summed E-state index contributed by atoms with van der Waals surface area (Å²) >= 11 is 0.900. The zero-order chi connectivity index (χ0) is 13.8. The summed E-state index contributed by atoms with van der Waals surface area (Å²) in [5, 5.41) is 1.31. The molecule has 0 spiro atoms. The number of thiazole rings is 1. The highest BCUT2D eigenvalue weighted by Crippen LogP contribution is 2.17. The molecular weight excluding hydrogens is 284 g/mol. The van der Waals surface area contributed by atoms with Crippen molar-refractivity contribution in [1.29, 1.82) is 0 Å². The van der Waals surface area contributed by atoms with Gasteiger partial charge in [-0.2, -0.15) is 0 Å². The molecule has 0 saturated carbocycles. The lowest BCUT2D eigenvalue weighted by Gasteiger charge is -2.02. The van der Waals surface area contributed by atoms with E-state index in [1.54, 1.807) is 0 Å². The van der Waals surface area contributed by atoms with Crippen molar-refractivity contribution < 1.29 is 27.5 Å². The van der Waals surface area contributed by atoms with Gasteiger partial charge in [-0.25, -0.2) is 18.2 Å². The van der Waals surface area contributed by atoms with Crippen LogP contribution in [0.4, 0.5) is 5.13 Å². The quantitative estimate of drug-likeness (QED) is 0.751. The number of ether oxygens (including phenoxy) is 2. The van der Waals surface area contributed by atoms with Gasteiger partial charge in [-0.05, 0) is 0 Å². The van der Waals surface area contributed by atoms with E-state index in [0.29, 0.717) is 0 Å². The molecule has 8 nitrogen and oxygen atoms in total. The summed E-state index contributed by atoms with van der Waals surface area (Å²) in [7, 11) is -1.63. The van der Waals surface area contributed by atoms with E-state index in [4.69, 9.17) is 0 Å². The van der Waals surface area contributed by atoms with Crippen LogP contribution in [-0.4, -0.2) is 45.3 Å². The van der Waals surface area contributed by atoms with E-state index in [2.05, 4.69) is 19.2 Å². The Bertz CT molecular complexity index is 550. The smallest absolute Gasteiger partial charge is 0.357 e. The maximum absolute atomic E-state index is 11.5. The predicted octanol–water partition coefficient (Wildman–Crippen LogP) is -0.156. The van der Waals surface area contributed by atoms with Crippen molar-refractivity contribution in [3.05, 3.63) is 11.1 Å². The maximum Gasteiger partial charge on any atom is 0.357 e. The van der Waals surface area contributed by atoms with Crippen LogP contribution < -0.4 is 4.72 Å².